The molecule has 1 aromatic carbocycles. The summed E-state index contributed by atoms with van der Waals surface area (Å²) >= 11 is 0. The Morgan fingerprint density at radius 3 is 2.60 bits per heavy atom. The molecule has 0 spiro atoms. The lowest BCUT2D eigenvalue weighted by atomic mass is 10.1. The van der Waals surface area contributed by atoms with Crippen LogP contribution in [-0.2, 0) is 6.54 Å². The summed E-state index contributed by atoms with van der Waals surface area (Å²) in [6, 6.07) is 14.4. The predicted octanol–water partition coefficient (Wildman–Crippen LogP) is 2.57. The quantitative estimate of drug-likeness (QED) is 0.818. The van der Waals surface area contributed by atoms with E-state index in [-0.39, 0.29) is 6.61 Å². The maximum Gasteiger partial charge on any atom is 0.208 e. The monoisotopic (exact) mass is 269 g/mol. The second-order valence-corrected chi connectivity index (χ2v) is 4.70. The molecule has 0 aliphatic carbocycles. The third kappa shape index (κ3) is 3.45. The number of hydrogen-bond donors (Lipinski definition) is 2. The minimum atomic E-state index is 0.145. The first-order valence-electron chi connectivity index (χ1n) is 6.80. The minimum absolute atomic E-state index is 0.145. The zero-order chi connectivity index (χ0) is 14.4. The van der Waals surface area contributed by atoms with Gasteiger partial charge in [-0.2, -0.15) is 4.57 Å². The zero-order valence-electron chi connectivity index (χ0n) is 12.0. The molecule has 2 aromatic rings. The molecule has 20 heavy (non-hydrogen) atoms. The van der Waals surface area contributed by atoms with Crippen molar-refractivity contribution < 1.29 is 9.67 Å². The molecule has 2 rings (SSSR count). The van der Waals surface area contributed by atoms with Gasteiger partial charge in [0.15, 0.2) is 12.7 Å². The summed E-state index contributed by atoms with van der Waals surface area (Å²) in [6.45, 7) is 2.85. The fraction of sp³-hybridized carbons (Fsp3) is 0.235. The molecule has 0 saturated carbocycles. The number of allylic oxidation sites excluding steroid dienone is 1. The van der Waals surface area contributed by atoms with Gasteiger partial charge in [-0.3, -0.25) is 0 Å². The molecule has 0 atom stereocenters. The van der Waals surface area contributed by atoms with Gasteiger partial charge in [0.05, 0.1) is 0 Å². The number of benzene rings is 1. The van der Waals surface area contributed by atoms with E-state index in [9.17, 15) is 0 Å². The summed E-state index contributed by atoms with van der Waals surface area (Å²) in [6.07, 6.45) is 4.15. The van der Waals surface area contributed by atoms with Gasteiger partial charge in [0, 0.05) is 30.4 Å². The number of rotatable bonds is 5. The van der Waals surface area contributed by atoms with E-state index in [1.807, 2.05) is 25.4 Å². The van der Waals surface area contributed by atoms with Gasteiger partial charge in [0.2, 0.25) is 5.69 Å². The Bertz CT molecular complexity index is 588. The van der Waals surface area contributed by atoms with Crippen LogP contribution in [0.4, 0.5) is 5.69 Å². The first kappa shape index (κ1) is 14.3. The molecular weight excluding hydrogens is 248 g/mol. The summed E-state index contributed by atoms with van der Waals surface area (Å²) in [5.41, 5.74) is 4.58. The van der Waals surface area contributed by atoms with Crippen molar-refractivity contribution in [3.05, 3.63) is 59.9 Å². The highest BCUT2D eigenvalue weighted by Gasteiger charge is 2.10. The molecule has 0 radical (unpaired) electrons. The average Bonchev–Trinajstić information content (AvgIpc) is 2.49. The van der Waals surface area contributed by atoms with E-state index < -0.39 is 0 Å². The molecule has 2 N–H and O–H groups in total. The van der Waals surface area contributed by atoms with Crippen LogP contribution < -0.4 is 9.88 Å². The summed E-state index contributed by atoms with van der Waals surface area (Å²) in [5, 5.41) is 12.2. The normalized spacial score (nSPS) is 11.4. The third-order valence-corrected chi connectivity index (χ3v) is 3.27. The van der Waals surface area contributed by atoms with Gasteiger partial charge >= 0.3 is 0 Å². The molecule has 0 amide bonds. The van der Waals surface area contributed by atoms with Crippen molar-refractivity contribution in [2.24, 2.45) is 0 Å². The van der Waals surface area contributed by atoms with Crippen LogP contribution in [0.5, 0.6) is 0 Å². The van der Waals surface area contributed by atoms with Crippen molar-refractivity contribution in [3.8, 4) is 0 Å². The third-order valence-electron chi connectivity index (χ3n) is 3.27. The number of aliphatic hydroxyl groups excluding tert-OH is 1. The van der Waals surface area contributed by atoms with Crippen LogP contribution in [0.1, 0.15) is 18.2 Å². The molecule has 104 valence electrons. The van der Waals surface area contributed by atoms with Gasteiger partial charge in [-0.15, -0.1) is 0 Å². The highest BCUT2D eigenvalue weighted by molar-refractivity contribution is 5.77. The lowest BCUT2D eigenvalue weighted by Gasteiger charge is -2.04. The van der Waals surface area contributed by atoms with Gasteiger partial charge in [-0.1, -0.05) is 12.1 Å². The molecule has 0 bridgehead atoms. The molecule has 1 heterocycles. The van der Waals surface area contributed by atoms with Gasteiger partial charge in [-0.05, 0) is 36.8 Å². The highest BCUT2D eigenvalue weighted by atomic mass is 16.3. The number of nitrogens with one attached hydrogen (secondary N) is 1. The largest absolute Gasteiger partial charge is 0.390 e. The maximum absolute atomic E-state index is 9.13. The van der Waals surface area contributed by atoms with Crippen molar-refractivity contribution in [1.29, 1.82) is 0 Å². The van der Waals surface area contributed by atoms with Crippen molar-refractivity contribution >= 4 is 17.3 Å². The van der Waals surface area contributed by atoms with Crippen LogP contribution in [0.25, 0.3) is 11.6 Å². The molecule has 1 aromatic heterocycles. The van der Waals surface area contributed by atoms with Crippen molar-refractivity contribution in [3.63, 3.8) is 0 Å². The van der Waals surface area contributed by atoms with Crippen LogP contribution in [0.2, 0.25) is 0 Å². The lowest BCUT2D eigenvalue weighted by molar-refractivity contribution is -0.700. The number of pyridine rings is 1. The van der Waals surface area contributed by atoms with E-state index >= 15 is 0 Å². The first-order chi connectivity index (χ1) is 9.74. The predicted molar refractivity (Wildman–Crippen MR) is 83.3 cm³/mol. The summed E-state index contributed by atoms with van der Waals surface area (Å²) in [5.74, 6) is 0. The Kier molecular flexibility index (Phi) is 4.91. The average molecular weight is 269 g/mol. The van der Waals surface area contributed by atoms with Crippen LogP contribution >= 0.6 is 0 Å². The fourth-order valence-electron chi connectivity index (χ4n) is 2.21. The van der Waals surface area contributed by atoms with E-state index in [1.165, 1.54) is 11.1 Å². The van der Waals surface area contributed by atoms with Crippen molar-refractivity contribution in [2.45, 2.75) is 13.5 Å². The Morgan fingerprint density at radius 2 is 1.95 bits per heavy atom. The maximum atomic E-state index is 9.13. The molecule has 3 heteroatoms. The Hall–Kier alpha value is -2.13. The molecule has 0 aliphatic rings. The zero-order valence-corrected chi connectivity index (χ0v) is 12.0. The summed E-state index contributed by atoms with van der Waals surface area (Å²) in [4.78, 5) is 0. The number of anilines is 1. The van der Waals surface area contributed by atoms with E-state index in [4.69, 9.17) is 5.11 Å². The van der Waals surface area contributed by atoms with Gasteiger partial charge < -0.3 is 10.4 Å². The second-order valence-electron chi connectivity index (χ2n) is 4.70. The Balaban J connectivity index is 2.29. The van der Waals surface area contributed by atoms with Gasteiger partial charge in [0.25, 0.3) is 0 Å². The number of nitrogens with zero attached hydrogens (tertiary/aromatic N) is 1. The summed E-state index contributed by atoms with van der Waals surface area (Å²) in [7, 11) is 1.91. The smallest absolute Gasteiger partial charge is 0.208 e. The Morgan fingerprint density at radius 1 is 1.20 bits per heavy atom. The molecule has 0 unspecified atom stereocenters. The van der Waals surface area contributed by atoms with Crippen molar-refractivity contribution in [2.75, 3.05) is 19.0 Å². The van der Waals surface area contributed by atoms with Crippen molar-refractivity contribution in [1.82, 2.24) is 0 Å². The highest BCUT2D eigenvalue weighted by Crippen LogP contribution is 2.16. The SMILES string of the molecule is CNc1ccc(/C=C(\C)c2cccc[n+]2CCO)cc1. The molecule has 0 aliphatic heterocycles. The van der Waals surface area contributed by atoms with Gasteiger partial charge in [0.1, 0.15) is 6.61 Å². The van der Waals surface area contributed by atoms with Crippen LogP contribution in [0, 0.1) is 0 Å². The fourth-order valence-corrected chi connectivity index (χ4v) is 2.21. The molecule has 0 fully saturated rings. The Labute approximate surface area is 120 Å². The van der Waals surface area contributed by atoms with Crippen LogP contribution in [-0.4, -0.2) is 18.8 Å². The first-order valence-corrected chi connectivity index (χ1v) is 6.80. The van der Waals surface area contributed by atoms with Gasteiger partial charge in [-0.25, -0.2) is 0 Å². The minimum Gasteiger partial charge on any atom is -0.390 e. The van der Waals surface area contributed by atoms with Crippen LogP contribution in [0.3, 0.4) is 0 Å². The van der Waals surface area contributed by atoms with Crippen LogP contribution in [0.15, 0.2) is 48.7 Å². The number of aliphatic hydroxyl groups is 1. The van der Waals surface area contributed by atoms with E-state index in [0.717, 1.165) is 11.4 Å². The number of aromatic nitrogens is 1. The van der Waals surface area contributed by atoms with E-state index in [1.54, 1.807) is 0 Å². The summed E-state index contributed by atoms with van der Waals surface area (Å²) < 4.78 is 2.06. The molecule has 3 nitrogen and oxygen atoms in total. The second kappa shape index (κ2) is 6.87. The van der Waals surface area contributed by atoms with E-state index in [2.05, 4.69) is 53.2 Å². The topological polar surface area (TPSA) is 36.1 Å². The standard InChI is InChI=1S/C17H20N2O/c1-14(13-15-6-8-16(18-2)9-7-15)17-5-3-4-10-19(17)11-12-20/h3-10,13,20H,11-12H2,1-2H3/p+1. The molecular formula is C17H21N2O+. The van der Waals surface area contributed by atoms with E-state index in [0.29, 0.717) is 6.54 Å². The number of hydrogen-bond acceptors (Lipinski definition) is 2. The lowest BCUT2D eigenvalue weighted by Crippen LogP contribution is -2.38. The molecule has 0 saturated heterocycles.